The predicted molar refractivity (Wildman–Crippen MR) is 83.6 cm³/mol. The second-order valence-electron chi connectivity index (χ2n) is 3.91. The lowest BCUT2D eigenvalue weighted by Gasteiger charge is -2.24. The molecule has 5 nitrogen and oxygen atoms in total. The van der Waals surface area contributed by atoms with E-state index in [1.54, 1.807) is 20.8 Å². The molecule has 0 heterocycles. The summed E-state index contributed by atoms with van der Waals surface area (Å²) in [4.78, 5) is 11.9. The lowest BCUT2D eigenvalue weighted by Crippen LogP contribution is -2.23. The molecule has 0 amide bonds. The van der Waals surface area contributed by atoms with Crippen molar-refractivity contribution in [3.63, 3.8) is 0 Å². The van der Waals surface area contributed by atoms with Crippen LogP contribution in [0.4, 0.5) is 0 Å². The Morgan fingerprint density at radius 3 is 2.14 bits per heavy atom. The van der Waals surface area contributed by atoms with Crippen LogP contribution in [0, 0.1) is 0 Å². The Labute approximate surface area is 129 Å². The normalized spacial score (nSPS) is 12.9. The molecule has 0 aliphatic rings. The third kappa shape index (κ3) is 5.47. The van der Waals surface area contributed by atoms with Gasteiger partial charge >= 0.3 is 13.6 Å². The van der Waals surface area contributed by atoms with Crippen molar-refractivity contribution in [2.75, 3.05) is 19.8 Å². The molecule has 1 unspecified atom stereocenters. The van der Waals surface area contributed by atoms with Crippen LogP contribution < -0.4 is 0 Å². The van der Waals surface area contributed by atoms with Crippen molar-refractivity contribution in [2.24, 2.45) is 0 Å². The van der Waals surface area contributed by atoms with Gasteiger partial charge in [0.2, 0.25) is 4.99 Å². The van der Waals surface area contributed by atoms with Crippen LogP contribution >= 0.6 is 19.4 Å². The maximum Gasteiger partial charge on any atom is 0.355 e. The minimum absolute atomic E-state index is 0.197. The van der Waals surface area contributed by atoms with Crippen molar-refractivity contribution in [1.29, 1.82) is 0 Å². The second kappa shape index (κ2) is 9.26. The van der Waals surface area contributed by atoms with E-state index in [1.165, 1.54) is 0 Å². The molecule has 0 aliphatic heterocycles. The van der Waals surface area contributed by atoms with E-state index in [0.717, 1.165) is 16.7 Å². The van der Waals surface area contributed by atoms with Gasteiger partial charge in [-0.2, -0.15) is 0 Å². The van der Waals surface area contributed by atoms with Crippen LogP contribution in [-0.4, -0.2) is 30.8 Å². The number of hydrogen-bond donors (Lipinski definition) is 0. The minimum Gasteiger partial charge on any atom is -0.465 e. The molecule has 0 fully saturated rings. The molecular formula is C14H21O5PS. The zero-order valence-corrected chi connectivity index (χ0v) is 14.2. The van der Waals surface area contributed by atoms with Crippen molar-refractivity contribution >= 4 is 25.3 Å². The summed E-state index contributed by atoms with van der Waals surface area (Å²) in [5.74, 6) is -0.586. The molecule has 21 heavy (non-hydrogen) atoms. The molecule has 1 rings (SSSR count). The van der Waals surface area contributed by atoms with Gasteiger partial charge in [0, 0.05) is 4.90 Å². The summed E-state index contributed by atoms with van der Waals surface area (Å²) in [6.45, 7) is 5.73. The fraction of sp³-hybridized carbons (Fsp3) is 0.500. The van der Waals surface area contributed by atoms with Crippen LogP contribution in [0.3, 0.4) is 0 Å². The summed E-state index contributed by atoms with van der Waals surface area (Å²) in [5.41, 5.74) is 0. The van der Waals surface area contributed by atoms with Crippen molar-refractivity contribution in [1.82, 2.24) is 0 Å². The number of carbonyl (C=O) groups is 1. The van der Waals surface area contributed by atoms with E-state index in [1.807, 2.05) is 30.3 Å². The lowest BCUT2D eigenvalue weighted by atomic mass is 10.4. The number of esters is 1. The second-order valence-corrected chi connectivity index (χ2v) is 7.55. The zero-order chi connectivity index (χ0) is 15.7. The molecule has 1 atom stereocenters. The first-order valence-corrected chi connectivity index (χ1v) is 9.33. The first-order valence-electron chi connectivity index (χ1n) is 6.84. The highest BCUT2D eigenvalue weighted by atomic mass is 32.2. The maximum atomic E-state index is 12.9. The lowest BCUT2D eigenvalue weighted by molar-refractivity contribution is -0.141. The molecule has 0 radical (unpaired) electrons. The number of ether oxygens (including phenoxy) is 1. The Bertz CT molecular complexity index is 470. The van der Waals surface area contributed by atoms with Crippen LogP contribution in [0.5, 0.6) is 0 Å². The molecule has 0 bridgehead atoms. The van der Waals surface area contributed by atoms with Gasteiger partial charge in [-0.3, -0.25) is 9.36 Å². The first-order chi connectivity index (χ1) is 10.1. The predicted octanol–water partition coefficient (Wildman–Crippen LogP) is 3.93. The van der Waals surface area contributed by atoms with Gasteiger partial charge < -0.3 is 13.8 Å². The van der Waals surface area contributed by atoms with Crippen molar-refractivity contribution in [2.45, 2.75) is 30.7 Å². The van der Waals surface area contributed by atoms with Crippen LogP contribution in [-0.2, 0) is 23.1 Å². The van der Waals surface area contributed by atoms with Gasteiger partial charge in [0.1, 0.15) is 0 Å². The average Bonchev–Trinajstić information content (AvgIpc) is 2.46. The van der Waals surface area contributed by atoms with Gasteiger partial charge in [0.05, 0.1) is 19.8 Å². The van der Waals surface area contributed by atoms with E-state index in [-0.39, 0.29) is 19.8 Å². The number of rotatable bonds is 9. The summed E-state index contributed by atoms with van der Waals surface area (Å²) in [6.07, 6.45) is 0. The highest BCUT2D eigenvalue weighted by molar-refractivity contribution is 8.06. The summed E-state index contributed by atoms with van der Waals surface area (Å²) in [6, 6.07) is 9.22. The number of hydrogen-bond acceptors (Lipinski definition) is 6. The summed E-state index contributed by atoms with van der Waals surface area (Å²) in [5, 5.41) is 0. The van der Waals surface area contributed by atoms with Gasteiger partial charge in [0.25, 0.3) is 0 Å². The van der Waals surface area contributed by atoms with Crippen LogP contribution in [0.25, 0.3) is 0 Å². The quantitative estimate of drug-likeness (QED) is 0.388. The van der Waals surface area contributed by atoms with Gasteiger partial charge in [-0.15, -0.1) is 0 Å². The van der Waals surface area contributed by atoms with E-state index in [9.17, 15) is 9.36 Å². The van der Waals surface area contributed by atoms with Gasteiger partial charge in [-0.25, -0.2) is 0 Å². The smallest absolute Gasteiger partial charge is 0.355 e. The van der Waals surface area contributed by atoms with Gasteiger partial charge in [0.15, 0.2) is 0 Å². The average molecular weight is 332 g/mol. The Balaban J connectivity index is 3.05. The highest BCUT2D eigenvalue weighted by Crippen LogP contribution is 2.58. The molecular weight excluding hydrogens is 311 g/mol. The SMILES string of the molecule is CCOC(=O)C(Sc1ccccc1)P(=O)(OCC)OCC. The number of carbonyl (C=O) groups excluding carboxylic acids is 1. The van der Waals surface area contributed by atoms with Crippen LogP contribution in [0.1, 0.15) is 20.8 Å². The third-order valence-corrected chi connectivity index (χ3v) is 6.46. The standard InChI is InChI=1S/C14H21O5PS/c1-4-17-13(15)14(20(16,18-5-2)19-6-3)21-12-10-8-7-9-11-12/h7-11,14H,4-6H2,1-3H3. The van der Waals surface area contributed by atoms with Crippen molar-refractivity contribution < 1.29 is 23.1 Å². The molecule has 0 aliphatic carbocycles. The summed E-state index contributed by atoms with van der Waals surface area (Å²) >= 11 is 1.14. The Hall–Kier alpha value is -0.810. The fourth-order valence-corrected chi connectivity index (χ4v) is 5.00. The minimum atomic E-state index is -3.59. The Morgan fingerprint density at radius 1 is 1.10 bits per heavy atom. The molecule has 0 aromatic heterocycles. The fourth-order valence-electron chi connectivity index (χ4n) is 1.62. The van der Waals surface area contributed by atoms with Crippen molar-refractivity contribution in [3.05, 3.63) is 30.3 Å². The molecule has 118 valence electrons. The molecule has 0 spiro atoms. The Morgan fingerprint density at radius 2 is 1.67 bits per heavy atom. The van der Waals surface area contributed by atoms with Crippen LogP contribution in [0.2, 0.25) is 0 Å². The van der Waals surface area contributed by atoms with Gasteiger partial charge in [-0.1, -0.05) is 30.0 Å². The van der Waals surface area contributed by atoms with Gasteiger partial charge in [-0.05, 0) is 32.9 Å². The maximum absolute atomic E-state index is 12.9. The van der Waals surface area contributed by atoms with Crippen molar-refractivity contribution in [3.8, 4) is 0 Å². The Kier molecular flexibility index (Phi) is 8.04. The number of benzene rings is 1. The topological polar surface area (TPSA) is 61.8 Å². The van der Waals surface area contributed by atoms with E-state index in [0.29, 0.717) is 0 Å². The van der Waals surface area contributed by atoms with E-state index < -0.39 is 18.6 Å². The summed E-state index contributed by atoms with van der Waals surface area (Å²) in [7, 11) is -3.59. The first kappa shape index (κ1) is 18.2. The van der Waals surface area contributed by atoms with Crippen LogP contribution in [0.15, 0.2) is 35.2 Å². The third-order valence-electron chi connectivity index (χ3n) is 2.38. The number of thioether (sulfide) groups is 1. The molecule has 0 N–H and O–H groups in total. The molecule has 1 aromatic carbocycles. The van der Waals surface area contributed by atoms with E-state index >= 15 is 0 Å². The van der Waals surface area contributed by atoms with E-state index in [2.05, 4.69) is 0 Å². The molecule has 0 saturated heterocycles. The monoisotopic (exact) mass is 332 g/mol. The summed E-state index contributed by atoms with van der Waals surface area (Å²) < 4.78 is 28.5. The molecule has 1 aromatic rings. The largest absolute Gasteiger partial charge is 0.465 e. The molecule has 7 heteroatoms. The van der Waals surface area contributed by atoms with E-state index in [4.69, 9.17) is 13.8 Å². The zero-order valence-electron chi connectivity index (χ0n) is 12.5. The highest BCUT2D eigenvalue weighted by Gasteiger charge is 2.43. The molecule has 0 saturated carbocycles.